The molecule has 0 radical (unpaired) electrons. The fourth-order valence-electron chi connectivity index (χ4n) is 2.02. The molecule has 0 aliphatic heterocycles. The van der Waals surface area contributed by atoms with Crippen LogP contribution in [0.2, 0.25) is 0 Å². The summed E-state index contributed by atoms with van der Waals surface area (Å²) < 4.78 is 0. The van der Waals surface area contributed by atoms with Crippen molar-refractivity contribution in [3.63, 3.8) is 0 Å². The van der Waals surface area contributed by atoms with Crippen LogP contribution in [0.15, 0.2) is 0 Å². The van der Waals surface area contributed by atoms with Crippen molar-refractivity contribution in [2.75, 3.05) is 0 Å². The highest BCUT2D eigenvalue weighted by atomic mass is 16.4. The average molecular weight is 199 g/mol. The van der Waals surface area contributed by atoms with Gasteiger partial charge in [0.25, 0.3) is 0 Å². The molecule has 1 unspecified atom stereocenters. The highest BCUT2D eigenvalue weighted by Crippen LogP contribution is 2.27. The summed E-state index contributed by atoms with van der Waals surface area (Å²) >= 11 is 0. The third-order valence-corrected chi connectivity index (χ3v) is 2.81. The molecule has 0 spiro atoms. The fraction of sp³-hybridized carbons (Fsp3) is 0.800. The van der Waals surface area contributed by atoms with Crippen LogP contribution in [0.3, 0.4) is 0 Å². The lowest BCUT2D eigenvalue weighted by Gasteiger charge is -2.19. The van der Waals surface area contributed by atoms with E-state index in [-0.39, 0.29) is 11.9 Å². The van der Waals surface area contributed by atoms with Crippen LogP contribution in [0.25, 0.3) is 0 Å². The van der Waals surface area contributed by atoms with Crippen molar-refractivity contribution < 1.29 is 14.7 Å². The van der Waals surface area contributed by atoms with E-state index < -0.39 is 12.4 Å². The molecule has 1 rings (SSSR count). The maximum atomic E-state index is 11.1. The number of hydrogen-bond acceptors (Lipinski definition) is 2. The summed E-state index contributed by atoms with van der Waals surface area (Å²) in [6.07, 6.45) is 4.33. The molecule has 0 heterocycles. The molecule has 0 bridgehead atoms. The van der Waals surface area contributed by atoms with E-state index in [4.69, 9.17) is 5.11 Å². The van der Waals surface area contributed by atoms with E-state index in [2.05, 4.69) is 5.32 Å². The minimum absolute atomic E-state index is 0.115. The molecule has 1 atom stereocenters. The number of hydrogen-bond donors (Lipinski definition) is 2. The smallest absolute Gasteiger partial charge is 0.312 e. The average Bonchev–Trinajstić information content (AvgIpc) is 2.53. The maximum absolute atomic E-state index is 11.1. The minimum Gasteiger partial charge on any atom is -0.481 e. The summed E-state index contributed by atoms with van der Waals surface area (Å²) in [6, 6.07) is 0.115. The van der Waals surface area contributed by atoms with Crippen molar-refractivity contribution in [3.8, 4) is 0 Å². The Morgan fingerprint density at radius 1 is 1.43 bits per heavy atom. The summed E-state index contributed by atoms with van der Waals surface area (Å²) in [5.74, 6) is -0.911. The molecule has 80 valence electrons. The zero-order valence-electron chi connectivity index (χ0n) is 8.45. The highest BCUT2D eigenvalue weighted by Gasteiger charge is 2.23. The van der Waals surface area contributed by atoms with Crippen molar-refractivity contribution in [2.24, 2.45) is 5.92 Å². The van der Waals surface area contributed by atoms with E-state index in [0.717, 1.165) is 12.8 Å². The number of carbonyl (C=O) groups excluding carboxylic acids is 1. The van der Waals surface area contributed by atoms with Crippen LogP contribution in [-0.4, -0.2) is 23.0 Å². The van der Waals surface area contributed by atoms with Gasteiger partial charge >= 0.3 is 5.97 Å². The van der Waals surface area contributed by atoms with Gasteiger partial charge in [-0.2, -0.15) is 0 Å². The Morgan fingerprint density at radius 3 is 2.50 bits per heavy atom. The SMILES string of the molecule is CC(NC(=O)CC(=O)O)C1CCCC1. The second-order valence-corrected chi connectivity index (χ2v) is 3.97. The lowest BCUT2D eigenvalue weighted by molar-refractivity contribution is -0.140. The van der Waals surface area contributed by atoms with Gasteiger partial charge in [-0.1, -0.05) is 12.8 Å². The summed E-state index contributed by atoms with van der Waals surface area (Å²) in [5, 5.41) is 11.1. The summed E-state index contributed by atoms with van der Waals surface area (Å²) in [5.41, 5.74) is 0. The third-order valence-electron chi connectivity index (χ3n) is 2.81. The Balaban J connectivity index is 2.28. The lowest BCUT2D eigenvalue weighted by Crippen LogP contribution is -2.38. The van der Waals surface area contributed by atoms with Gasteiger partial charge in [0.1, 0.15) is 6.42 Å². The lowest BCUT2D eigenvalue weighted by atomic mass is 10.00. The molecule has 4 heteroatoms. The van der Waals surface area contributed by atoms with E-state index in [1.165, 1.54) is 12.8 Å². The predicted octanol–water partition coefficient (Wildman–Crippen LogP) is 1.16. The van der Waals surface area contributed by atoms with Gasteiger partial charge in [0.2, 0.25) is 5.91 Å². The maximum Gasteiger partial charge on any atom is 0.312 e. The van der Waals surface area contributed by atoms with E-state index >= 15 is 0 Å². The molecule has 1 amide bonds. The van der Waals surface area contributed by atoms with E-state index in [1.54, 1.807) is 0 Å². The van der Waals surface area contributed by atoms with Crippen molar-refractivity contribution in [1.29, 1.82) is 0 Å². The van der Waals surface area contributed by atoms with Crippen molar-refractivity contribution >= 4 is 11.9 Å². The number of aliphatic carboxylic acids is 1. The molecular weight excluding hydrogens is 182 g/mol. The predicted molar refractivity (Wildman–Crippen MR) is 51.8 cm³/mol. The van der Waals surface area contributed by atoms with Gasteiger partial charge in [-0.15, -0.1) is 0 Å². The van der Waals surface area contributed by atoms with Gasteiger partial charge < -0.3 is 10.4 Å². The quantitative estimate of drug-likeness (QED) is 0.667. The van der Waals surface area contributed by atoms with Gasteiger partial charge in [0.05, 0.1) is 0 Å². The molecular formula is C10H17NO3. The monoisotopic (exact) mass is 199 g/mol. The van der Waals surface area contributed by atoms with Gasteiger partial charge in [0, 0.05) is 6.04 Å². The van der Waals surface area contributed by atoms with Crippen LogP contribution in [0.1, 0.15) is 39.0 Å². The second-order valence-electron chi connectivity index (χ2n) is 3.97. The molecule has 14 heavy (non-hydrogen) atoms. The normalized spacial score (nSPS) is 19.2. The number of carboxylic acids is 1. The number of nitrogens with one attached hydrogen (secondary N) is 1. The Bertz CT molecular complexity index is 221. The standard InChI is InChI=1S/C10H17NO3/c1-7(8-4-2-3-5-8)11-9(12)6-10(13)14/h7-8H,2-6H2,1H3,(H,11,12)(H,13,14). The second kappa shape index (κ2) is 4.98. The van der Waals surface area contributed by atoms with Crippen molar-refractivity contribution in [2.45, 2.75) is 45.1 Å². The topological polar surface area (TPSA) is 66.4 Å². The van der Waals surface area contributed by atoms with Gasteiger partial charge in [-0.25, -0.2) is 0 Å². The molecule has 0 aromatic carbocycles. The van der Waals surface area contributed by atoms with Crippen LogP contribution >= 0.6 is 0 Å². The van der Waals surface area contributed by atoms with Crippen molar-refractivity contribution in [3.05, 3.63) is 0 Å². The minimum atomic E-state index is -1.07. The Labute approximate surface area is 83.7 Å². The van der Waals surface area contributed by atoms with Gasteiger partial charge in [0.15, 0.2) is 0 Å². The first-order chi connectivity index (χ1) is 6.59. The third kappa shape index (κ3) is 3.36. The molecule has 1 fully saturated rings. The molecule has 1 aliphatic carbocycles. The van der Waals surface area contributed by atoms with Crippen LogP contribution < -0.4 is 5.32 Å². The molecule has 2 N–H and O–H groups in total. The van der Waals surface area contributed by atoms with Crippen LogP contribution in [-0.2, 0) is 9.59 Å². The van der Waals surface area contributed by atoms with Crippen LogP contribution in [0.4, 0.5) is 0 Å². The number of carboxylic acid groups (broad SMARTS) is 1. The zero-order chi connectivity index (χ0) is 10.6. The van der Waals surface area contributed by atoms with E-state index in [9.17, 15) is 9.59 Å². The fourth-order valence-corrected chi connectivity index (χ4v) is 2.02. The Kier molecular flexibility index (Phi) is 3.92. The molecule has 0 aromatic rings. The Morgan fingerprint density at radius 2 is 2.00 bits per heavy atom. The first-order valence-corrected chi connectivity index (χ1v) is 5.10. The zero-order valence-corrected chi connectivity index (χ0v) is 8.45. The van der Waals surface area contributed by atoms with Gasteiger partial charge in [-0.3, -0.25) is 9.59 Å². The largest absolute Gasteiger partial charge is 0.481 e. The molecule has 0 aromatic heterocycles. The summed E-state index contributed by atoms with van der Waals surface area (Å²) in [7, 11) is 0. The molecule has 1 aliphatic rings. The number of amides is 1. The van der Waals surface area contributed by atoms with E-state index in [1.807, 2.05) is 6.92 Å². The Hall–Kier alpha value is -1.06. The summed E-state index contributed by atoms with van der Waals surface area (Å²) in [4.78, 5) is 21.4. The van der Waals surface area contributed by atoms with Gasteiger partial charge in [-0.05, 0) is 25.7 Å². The highest BCUT2D eigenvalue weighted by molar-refractivity contribution is 5.93. The first kappa shape index (κ1) is 11.0. The first-order valence-electron chi connectivity index (χ1n) is 5.10. The van der Waals surface area contributed by atoms with Crippen LogP contribution in [0.5, 0.6) is 0 Å². The van der Waals surface area contributed by atoms with E-state index in [0.29, 0.717) is 5.92 Å². The van der Waals surface area contributed by atoms with Crippen LogP contribution in [0, 0.1) is 5.92 Å². The molecule has 4 nitrogen and oxygen atoms in total. The van der Waals surface area contributed by atoms with Crippen molar-refractivity contribution in [1.82, 2.24) is 5.32 Å². The number of carbonyl (C=O) groups is 2. The molecule has 0 saturated heterocycles. The summed E-state index contributed by atoms with van der Waals surface area (Å²) in [6.45, 7) is 1.95. The number of rotatable bonds is 4. The molecule has 1 saturated carbocycles.